The molecule has 1 saturated heterocycles. The Morgan fingerprint density at radius 1 is 1.29 bits per heavy atom. The Morgan fingerprint density at radius 2 is 2.07 bits per heavy atom. The number of rotatable bonds is 6. The number of anilines is 2. The minimum Gasteiger partial charge on any atom is -0.390 e. The molecule has 2 atom stereocenters. The van der Waals surface area contributed by atoms with Crippen LogP contribution in [0.3, 0.4) is 0 Å². The van der Waals surface area contributed by atoms with E-state index in [1.54, 1.807) is 42.5 Å². The highest BCUT2D eigenvalue weighted by Gasteiger charge is 2.62. The number of ether oxygens (including phenoxy) is 1. The maximum Gasteiger partial charge on any atom is 0.394 e. The molecule has 13 heteroatoms. The van der Waals surface area contributed by atoms with E-state index in [0.29, 0.717) is 33.7 Å². The summed E-state index contributed by atoms with van der Waals surface area (Å²) in [5, 5.41) is 13.0. The number of halogens is 3. The molecule has 224 valence electrons. The lowest BCUT2D eigenvalue weighted by atomic mass is 9.93. The Bertz CT molecular complexity index is 1230. The molecule has 1 aromatic heterocycles. The fraction of sp³-hybridized carbons (Fsp3) is 0.607. The Balaban J connectivity index is 1.34. The second-order valence-electron chi connectivity index (χ2n) is 12.0. The molecule has 1 aliphatic carbocycles. The van der Waals surface area contributed by atoms with Crippen molar-refractivity contribution in [2.45, 2.75) is 77.2 Å². The molecule has 3 aliphatic heterocycles. The quantitative estimate of drug-likeness (QED) is 0.262. The van der Waals surface area contributed by atoms with Gasteiger partial charge in [0.2, 0.25) is 0 Å². The average Bonchev–Trinajstić information content (AvgIpc) is 3.45. The molecule has 1 aromatic rings. The number of amides is 1. The predicted octanol–water partition coefficient (Wildman–Crippen LogP) is 5.24. The molecule has 5 rings (SSSR count). The number of aromatic nitrogens is 1. The highest BCUT2D eigenvalue weighted by molar-refractivity contribution is 8.02. The minimum atomic E-state index is -4.19. The van der Waals surface area contributed by atoms with Crippen LogP contribution < -0.4 is 25.4 Å². The fourth-order valence-corrected chi connectivity index (χ4v) is 6.37. The van der Waals surface area contributed by atoms with Gasteiger partial charge >= 0.3 is 6.18 Å². The van der Waals surface area contributed by atoms with Gasteiger partial charge in [-0.3, -0.25) is 14.5 Å². The van der Waals surface area contributed by atoms with Gasteiger partial charge in [0.15, 0.2) is 0 Å². The maximum absolute atomic E-state index is 13.4. The van der Waals surface area contributed by atoms with E-state index >= 15 is 0 Å². The monoisotopic (exact) mass is 593 g/mol. The van der Waals surface area contributed by atoms with Crippen molar-refractivity contribution in [3.63, 3.8) is 0 Å². The summed E-state index contributed by atoms with van der Waals surface area (Å²) in [5.74, 6) is 1.24. The first-order chi connectivity index (χ1) is 19.4. The van der Waals surface area contributed by atoms with E-state index < -0.39 is 17.8 Å². The standard InChI is InChI=1S/C28H38F3N7O2S/c1-18(32)21-16-33-12-4-5-19-15-26(2,3)37(17-19)24-20(25(39)36-41-21)6-7-22(34-24)38-13-8-23(35-38)40-14-11-27(9-10-27)28(29,30)31/h6-8,13,16,19,23,32-33,35H,4-5,9-12,14-15,17H2,1-3H3,(H,36,39)/b21-16+,32-18?. The van der Waals surface area contributed by atoms with Crippen LogP contribution in [0.5, 0.6) is 0 Å². The lowest BCUT2D eigenvalue weighted by Gasteiger charge is -2.34. The molecule has 0 aromatic carbocycles. The van der Waals surface area contributed by atoms with Crippen molar-refractivity contribution < 1.29 is 22.7 Å². The normalized spacial score (nSPS) is 26.9. The summed E-state index contributed by atoms with van der Waals surface area (Å²) >= 11 is 1.10. The molecule has 9 nitrogen and oxygen atoms in total. The molecule has 2 bridgehead atoms. The number of hydrogen-bond donors (Lipinski definition) is 4. The van der Waals surface area contributed by atoms with Crippen LogP contribution in [0.2, 0.25) is 0 Å². The summed E-state index contributed by atoms with van der Waals surface area (Å²) in [4.78, 5) is 21.2. The van der Waals surface area contributed by atoms with E-state index in [0.717, 1.165) is 44.3 Å². The predicted molar refractivity (Wildman–Crippen MR) is 154 cm³/mol. The lowest BCUT2D eigenvalue weighted by molar-refractivity contribution is -0.192. The Kier molecular flexibility index (Phi) is 8.32. The second-order valence-corrected chi connectivity index (χ2v) is 12.8. The van der Waals surface area contributed by atoms with Crippen molar-refractivity contribution in [1.29, 1.82) is 5.41 Å². The highest BCUT2D eigenvalue weighted by atomic mass is 32.2. The first kappa shape index (κ1) is 29.7. The largest absolute Gasteiger partial charge is 0.394 e. The number of nitrogens with one attached hydrogen (secondary N) is 4. The zero-order valence-corrected chi connectivity index (χ0v) is 24.4. The molecular weight excluding hydrogens is 555 g/mol. The number of hydrazine groups is 1. The van der Waals surface area contributed by atoms with E-state index in [1.807, 2.05) is 0 Å². The Labute approximate surface area is 242 Å². The number of nitrogens with zero attached hydrogens (tertiary/aromatic N) is 3. The SMILES string of the molecule is CC(=N)/C1=C\NCCCC2CN(c3nc(N4C=CC(OCCC5(C(F)(F)F)CC5)N4)ccc3C(=O)NS1)C(C)(C)C2. The number of fused-ring (bicyclic) bond motifs is 4. The molecule has 1 saturated carbocycles. The third kappa shape index (κ3) is 6.51. The van der Waals surface area contributed by atoms with Crippen LogP contribution in [-0.4, -0.2) is 54.2 Å². The number of allylic oxidation sites excluding steroid dienone is 1. The first-order valence-electron chi connectivity index (χ1n) is 14.1. The van der Waals surface area contributed by atoms with Gasteiger partial charge in [-0.2, -0.15) is 18.6 Å². The minimum absolute atomic E-state index is 0.00462. The summed E-state index contributed by atoms with van der Waals surface area (Å²) in [6.45, 7) is 7.56. The molecule has 4 aliphatic rings. The lowest BCUT2D eigenvalue weighted by Crippen LogP contribution is -2.41. The molecule has 2 fully saturated rings. The molecule has 4 heterocycles. The van der Waals surface area contributed by atoms with E-state index in [2.05, 4.69) is 34.2 Å². The third-order valence-corrected chi connectivity index (χ3v) is 9.30. The summed E-state index contributed by atoms with van der Waals surface area (Å²) < 4.78 is 48.3. The molecular formula is C28H38F3N7O2S. The average molecular weight is 594 g/mol. The van der Waals surface area contributed by atoms with Gasteiger partial charge in [-0.15, -0.1) is 0 Å². The zero-order chi connectivity index (χ0) is 29.4. The number of carbonyl (C=O) groups excluding carboxylic acids is 1. The van der Waals surface area contributed by atoms with Gasteiger partial charge in [-0.25, -0.2) is 4.98 Å². The van der Waals surface area contributed by atoms with E-state index in [9.17, 15) is 18.0 Å². The van der Waals surface area contributed by atoms with Gasteiger partial charge in [0.05, 0.1) is 15.9 Å². The molecule has 0 radical (unpaired) electrons. The van der Waals surface area contributed by atoms with Crippen molar-refractivity contribution in [2.24, 2.45) is 11.3 Å². The second kappa shape index (κ2) is 11.5. The van der Waals surface area contributed by atoms with Gasteiger partial charge in [0.25, 0.3) is 5.91 Å². The molecule has 2 unspecified atom stereocenters. The van der Waals surface area contributed by atoms with Crippen molar-refractivity contribution in [2.75, 3.05) is 29.6 Å². The van der Waals surface area contributed by atoms with Crippen molar-refractivity contribution in [3.8, 4) is 0 Å². The van der Waals surface area contributed by atoms with Crippen LogP contribution in [0.15, 0.2) is 35.5 Å². The van der Waals surface area contributed by atoms with Crippen LogP contribution in [0.4, 0.5) is 24.8 Å². The van der Waals surface area contributed by atoms with E-state index in [4.69, 9.17) is 15.1 Å². The summed E-state index contributed by atoms with van der Waals surface area (Å²) in [6.07, 6.45) is 3.73. The van der Waals surface area contributed by atoms with Gasteiger partial charge < -0.3 is 20.4 Å². The number of pyridine rings is 1. The van der Waals surface area contributed by atoms with E-state index in [1.165, 1.54) is 0 Å². The van der Waals surface area contributed by atoms with Crippen molar-refractivity contribution in [1.82, 2.24) is 20.4 Å². The summed E-state index contributed by atoms with van der Waals surface area (Å²) in [5.41, 5.74) is 2.09. The Hall–Kier alpha value is -2.77. The third-order valence-electron chi connectivity index (χ3n) is 8.37. The van der Waals surface area contributed by atoms with Crippen LogP contribution in [0.1, 0.15) is 69.7 Å². The van der Waals surface area contributed by atoms with Crippen LogP contribution in [0.25, 0.3) is 0 Å². The van der Waals surface area contributed by atoms with Crippen molar-refractivity contribution in [3.05, 3.63) is 41.1 Å². The smallest absolute Gasteiger partial charge is 0.390 e. The summed E-state index contributed by atoms with van der Waals surface area (Å²) in [7, 11) is 0. The van der Waals surface area contributed by atoms with Gasteiger partial charge in [0.1, 0.15) is 17.9 Å². The topological polar surface area (TPSA) is 106 Å². The molecule has 0 spiro atoms. The van der Waals surface area contributed by atoms with Crippen LogP contribution in [-0.2, 0) is 4.74 Å². The number of hydrogen-bond acceptors (Lipinski definition) is 9. The molecule has 1 amide bonds. The van der Waals surface area contributed by atoms with Gasteiger partial charge in [-0.1, -0.05) is 0 Å². The molecule has 41 heavy (non-hydrogen) atoms. The van der Waals surface area contributed by atoms with E-state index in [-0.39, 0.29) is 37.3 Å². The first-order valence-corrected chi connectivity index (χ1v) is 14.9. The van der Waals surface area contributed by atoms with Gasteiger partial charge in [-0.05, 0) is 95.4 Å². The zero-order valence-electron chi connectivity index (χ0n) is 23.6. The Morgan fingerprint density at radius 3 is 2.78 bits per heavy atom. The molecule has 4 N–H and O–H groups in total. The van der Waals surface area contributed by atoms with Crippen LogP contribution >= 0.6 is 11.9 Å². The maximum atomic E-state index is 13.4. The highest BCUT2D eigenvalue weighted by Crippen LogP contribution is 2.59. The van der Waals surface area contributed by atoms with Gasteiger partial charge in [0, 0.05) is 43.3 Å². The fourth-order valence-electron chi connectivity index (χ4n) is 5.77. The van der Waals surface area contributed by atoms with Crippen LogP contribution in [0, 0.1) is 16.7 Å². The number of carbonyl (C=O) groups is 1. The van der Waals surface area contributed by atoms with Crippen molar-refractivity contribution >= 4 is 35.2 Å². The number of alkyl halides is 3. The summed E-state index contributed by atoms with van der Waals surface area (Å²) in [6, 6.07) is 3.47.